The van der Waals surface area contributed by atoms with Crippen molar-refractivity contribution in [1.29, 1.82) is 0 Å². The van der Waals surface area contributed by atoms with Crippen molar-refractivity contribution in [3.63, 3.8) is 0 Å². The number of nitrogens with one attached hydrogen (secondary N) is 1. The summed E-state index contributed by atoms with van der Waals surface area (Å²) >= 11 is 6.03. The highest BCUT2D eigenvalue weighted by Crippen LogP contribution is 2.39. The monoisotopic (exact) mass is 238 g/mol. The minimum absolute atomic E-state index is 0.168. The topological polar surface area (TPSA) is 49.4 Å². The highest BCUT2D eigenvalue weighted by Gasteiger charge is 2.36. The fraction of sp³-hybridized carbons (Fsp3) is 0.273. The van der Waals surface area contributed by atoms with Crippen LogP contribution in [0.5, 0.6) is 0 Å². The van der Waals surface area contributed by atoms with Crippen LogP contribution in [0.25, 0.3) is 0 Å². The van der Waals surface area contributed by atoms with E-state index in [9.17, 15) is 9.59 Å². The summed E-state index contributed by atoms with van der Waals surface area (Å²) in [5.41, 5.74) is 1.42. The van der Waals surface area contributed by atoms with E-state index in [1.807, 2.05) is 0 Å². The molecule has 1 aromatic carbocycles. The van der Waals surface area contributed by atoms with Gasteiger partial charge in [0.25, 0.3) is 5.91 Å². The predicted octanol–water partition coefficient (Wildman–Crippen LogP) is 1.49. The van der Waals surface area contributed by atoms with Gasteiger partial charge < -0.3 is 10.2 Å². The summed E-state index contributed by atoms with van der Waals surface area (Å²) in [5.74, 6) is -0.405. The first kappa shape index (κ1) is 11.0. The van der Waals surface area contributed by atoms with Gasteiger partial charge in [0.1, 0.15) is 6.04 Å². The highest BCUT2D eigenvalue weighted by molar-refractivity contribution is 6.34. The van der Waals surface area contributed by atoms with Crippen LogP contribution in [0.3, 0.4) is 0 Å². The Morgan fingerprint density at radius 3 is 2.81 bits per heavy atom. The molecule has 1 aliphatic heterocycles. The number of hydrogen-bond acceptors (Lipinski definition) is 2. The number of carbonyl (C=O) groups excluding carboxylic acids is 2. The molecule has 1 aliphatic rings. The molecular weight excluding hydrogens is 228 g/mol. The number of hydrogen-bond donors (Lipinski definition) is 1. The van der Waals surface area contributed by atoms with Gasteiger partial charge in [0.05, 0.1) is 10.7 Å². The predicted molar refractivity (Wildman–Crippen MR) is 61.4 cm³/mol. The van der Waals surface area contributed by atoms with Crippen molar-refractivity contribution in [2.45, 2.75) is 13.0 Å². The molecule has 84 valence electrons. The Balaban J connectivity index is 2.50. The molecule has 0 spiro atoms. The first-order valence-corrected chi connectivity index (χ1v) is 5.23. The molecule has 5 heteroatoms. The Hall–Kier alpha value is -1.55. The van der Waals surface area contributed by atoms with Crippen LogP contribution in [-0.2, 0) is 9.59 Å². The van der Waals surface area contributed by atoms with Crippen LogP contribution in [0.1, 0.15) is 18.5 Å². The van der Waals surface area contributed by atoms with E-state index in [-0.39, 0.29) is 11.8 Å². The maximum Gasteiger partial charge on any atom is 0.254 e. The third kappa shape index (κ3) is 1.55. The molecule has 2 amide bonds. The molecule has 16 heavy (non-hydrogen) atoms. The van der Waals surface area contributed by atoms with Crippen LogP contribution in [0.15, 0.2) is 18.2 Å². The van der Waals surface area contributed by atoms with E-state index in [1.54, 1.807) is 25.2 Å². The van der Waals surface area contributed by atoms with E-state index in [4.69, 9.17) is 11.6 Å². The smallest absolute Gasteiger partial charge is 0.254 e. The molecule has 0 radical (unpaired) electrons. The van der Waals surface area contributed by atoms with Crippen molar-refractivity contribution in [3.05, 3.63) is 28.8 Å². The number of benzene rings is 1. The summed E-state index contributed by atoms with van der Waals surface area (Å²) in [4.78, 5) is 24.4. The van der Waals surface area contributed by atoms with Crippen LogP contribution in [0, 0.1) is 0 Å². The molecule has 0 fully saturated rings. The summed E-state index contributed by atoms with van der Waals surface area (Å²) in [5, 5.41) is 3.13. The lowest BCUT2D eigenvalue weighted by molar-refractivity contribution is -0.125. The number of likely N-dealkylation sites (N-methyl/N-ethyl adjacent to an activating group) is 1. The molecule has 0 bridgehead atoms. The zero-order chi connectivity index (χ0) is 11.9. The number of carbonyl (C=O) groups is 2. The van der Waals surface area contributed by atoms with Crippen LogP contribution < -0.4 is 10.2 Å². The Morgan fingerprint density at radius 1 is 1.50 bits per heavy atom. The van der Waals surface area contributed by atoms with E-state index in [1.165, 1.54) is 11.8 Å². The van der Waals surface area contributed by atoms with Crippen molar-refractivity contribution in [1.82, 2.24) is 5.32 Å². The Bertz CT molecular complexity index is 473. The minimum Gasteiger partial charge on any atom is -0.341 e. The van der Waals surface area contributed by atoms with E-state index in [2.05, 4.69) is 5.32 Å². The van der Waals surface area contributed by atoms with Gasteiger partial charge in [0.15, 0.2) is 0 Å². The number of amides is 2. The lowest BCUT2D eigenvalue weighted by Crippen LogP contribution is -2.34. The summed E-state index contributed by atoms with van der Waals surface area (Å²) in [6.07, 6.45) is 0. The third-order valence-corrected chi connectivity index (χ3v) is 2.89. The van der Waals surface area contributed by atoms with Crippen molar-refractivity contribution in [2.75, 3.05) is 11.9 Å². The molecule has 1 aromatic rings. The maximum atomic E-state index is 11.9. The standard InChI is InChI=1S/C11H11ClN2O2/c1-6(15)13-9-7-4-3-5-8(12)10(7)14(2)11(9)16/h3-5,9H,1-2H3,(H,13,15)/t9-/m1/s1. The molecule has 0 aliphatic carbocycles. The van der Waals surface area contributed by atoms with Gasteiger partial charge in [0.2, 0.25) is 5.91 Å². The summed E-state index contributed by atoms with van der Waals surface area (Å²) in [6, 6.07) is 4.67. The Kier molecular flexibility index (Phi) is 2.59. The normalized spacial score (nSPS) is 18.6. The Labute approximate surface area is 98.2 Å². The average Bonchev–Trinajstić information content (AvgIpc) is 2.44. The maximum absolute atomic E-state index is 11.9. The average molecular weight is 239 g/mol. The quantitative estimate of drug-likeness (QED) is 0.806. The number of anilines is 1. The van der Waals surface area contributed by atoms with Crippen LogP contribution in [0.2, 0.25) is 5.02 Å². The van der Waals surface area contributed by atoms with Crippen LogP contribution >= 0.6 is 11.6 Å². The molecule has 2 rings (SSSR count). The summed E-state index contributed by atoms with van der Waals surface area (Å²) in [7, 11) is 1.65. The molecule has 0 saturated carbocycles. The van der Waals surface area contributed by atoms with Gasteiger partial charge in [-0.15, -0.1) is 0 Å². The molecule has 4 nitrogen and oxygen atoms in total. The fourth-order valence-electron chi connectivity index (χ4n) is 1.90. The molecular formula is C11H11ClN2O2. The first-order valence-electron chi connectivity index (χ1n) is 4.85. The molecule has 1 N–H and O–H groups in total. The van der Waals surface area contributed by atoms with E-state index >= 15 is 0 Å². The molecule has 1 heterocycles. The summed E-state index contributed by atoms with van der Waals surface area (Å²) < 4.78 is 0. The number of nitrogens with zero attached hydrogens (tertiary/aromatic N) is 1. The van der Waals surface area contributed by atoms with Gasteiger partial charge in [0, 0.05) is 19.5 Å². The molecule has 0 unspecified atom stereocenters. The van der Waals surface area contributed by atoms with Crippen molar-refractivity contribution >= 4 is 29.1 Å². The Morgan fingerprint density at radius 2 is 2.19 bits per heavy atom. The minimum atomic E-state index is -0.615. The second-order valence-electron chi connectivity index (χ2n) is 3.71. The van der Waals surface area contributed by atoms with Gasteiger partial charge in [-0.05, 0) is 6.07 Å². The van der Waals surface area contributed by atoms with E-state index in [0.29, 0.717) is 10.7 Å². The molecule has 0 saturated heterocycles. The van der Waals surface area contributed by atoms with Crippen molar-refractivity contribution in [2.24, 2.45) is 0 Å². The number of para-hydroxylation sites is 1. The third-order valence-electron chi connectivity index (χ3n) is 2.59. The second kappa shape index (κ2) is 3.79. The van der Waals surface area contributed by atoms with Gasteiger partial charge in [-0.3, -0.25) is 9.59 Å². The SMILES string of the molecule is CC(=O)N[C@H]1C(=O)N(C)c2c(Cl)cccc21. The van der Waals surface area contributed by atoms with Gasteiger partial charge >= 0.3 is 0 Å². The number of halogens is 1. The highest BCUT2D eigenvalue weighted by atomic mass is 35.5. The van der Waals surface area contributed by atoms with Gasteiger partial charge in [-0.25, -0.2) is 0 Å². The second-order valence-corrected chi connectivity index (χ2v) is 4.12. The van der Waals surface area contributed by atoms with E-state index < -0.39 is 6.04 Å². The lowest BCUT2D eigenvalue weighted by Gasteiger charge is -2.11. The van der Waals surface area contributed by atoms with Crippen molar-refractivity contribution < 1.29 is 9.59 Å². The van der Waals surface area contributed by atoms with Crippen LogP contribution in [-0.4, -0.2) is 18.9 Å². The molecule has 1 atom stereocenters. The zero-order valence-electron chi connectivity index (χ0n) is 8.95. The largest absolute Gasteiger partial charge is 0.341 e. The molecule has 0 aromatic heterocycles. The number of fused-ring (bicyclic) bond motifs is 1. The van der Waals surface area contributed by atoms with Gasteiger partial charge in [-0.2, -0.15) is 0 Å². The zero-order valence-corrected chi connectivity index (χ0v) is 9.71. The number of rotatable bonds is 1. The fourth-order valence-corrected chi connectivity index (χ4v) is 2.21. The van der Waals surface area contributed by atoms with E-state index in [0.717, 1.165) is 5.56 Å². The van der Waals surface area contributed by atoms with Gasteiger partial charge in [-0.1, -0.05) is 23.7 Å². The van der Waals surface area contributed by atoms with Crippen molar-refractivity contribution in [3.8, 4) is 0 Å². The summed E-state index contributed by atoms with van der Waals surface area (Å²) in [6.45, 7) is 1.38. The van der Waals surface area contributed by atoms with Crippen LogP contribution in [0.4, 0.5) is 5.69 Å². The first-order chi connectivity index (χ1) is 7.52. The lowest BCUT2D eigenvalue weighted by atomic mass is 10.1.